The molecule has 0 aliphatic rings. The molecule has 4 aromatic heterocycles. The molecule has 0 saturated carbocycles. The van der Waals surface area contributed by atoms with Crippen LogP contribution in [0.5, 0.6) is 0 Å². The van der Waals surface area contributed by atoms with Gasteiger partial charge in [0.1, 0.15) is 17.8 Å². The minimum Gasteiger partial charge on any atom is -0.364 e. The van der Waals surface area contributed by atoms with E-state index in [0.717, 1.165) is 34.8 Å². The highest BCUT2D eigenvalue weighted by molar-refractivity contribution is 5.49. The van der Waals surface area contributed by atoms with E-state index in [1.807, 2.05) is 28.9 Å². The molecule has 0 spiro atoms. The van der Waals surface area contributed by atoms with Gasteiger partial charge in [0.2, 0.25) is 0 Å². The van der Waals surface area contributed by atoms with Crippen LogP contribution >= 0.6 is 0 Å². The van der Waals surface area contributed by atoms with Crippen molar-refractivity contribution in [2.75, 3.05) is 5.32 Å². The Bertz CT molecular complexity index is 983. The van der Waals surface area contributed by atoms with Gasteiger partial charge in [-0.15, -0.1) is 0 Å². The van der Waals surface area contributed by atoms with Crippen LogP contribution in [0, 0.1) is 6.92 Å². The zero-order chi connectivity index (χ0) is 15.8. The molecule has 0 aromatic carbocycles. The third-order valence-electron chi connectivity index (χ3n) is 3.85. The summed E-state index contributed by atoms with van der Waals surface area (Å²) >= 11 is 0. The molecule has 0 radical (unpaired) electrons. The summed E-state index contributed by atoms with van der Waals surface area (Å²) in [6.07, 6.45) is 6.42. The maximum absolute atomic E-state index is 4.68. The van der Waals surface area contributed by atoms with E-state index >= 15 is 0 Å². The van der Waals surface area contributed by atoms with Crippen LogP contribution in [0.15, 0.2) is 36.9 Å². The Morgan fingerprint density at radius 3 is 2.96 bits per heavy atom. The fourth-order valence-corrected chi connectivity index (χ4v) is 2.64. The van der Waals surface area contributed by atoms with Gasteiger partial charge in [-0.25, -0.2) is 9.97 Å². The Kier molecular flexibility index (Phi) is 3.18. The second-order valence-electron chi connectivity index (χ2n) is 5.47. The fraction of sp³-hybridized carbons (Fsp3) is 0.250. The molecule has 0 aliphatic heterocycles. The summed E-state index contributed by atoms with van der Waals surface area (Å²) in [6, 6.07) is 6.09. The largest absolute Gasteiger partial charge is 0.364 e. The number of hydrogen-bond acceptors (Lipinski definition) is 5. The molecule has 4 heterocycles. The summed E-state index contributed by atoms with van der Waals surface area (Å²) in [5.74, 6) is 1.48. The number of nitrogens with zero attached hydrogens (tertiary/aromatic N) is 6. The third kappa shape index (κ3) is 2.40. The Morgan fingerprint density at radius 2 is 2.13 bits per heavy atom. The first kappa shape index (κ1) is 13.7. The number of aryl methyl sites for hydroxylation is 2. The summed E-state index contributed by atoms with van der Waals surface area (Å²) in [6.45, 7) is 4.75. The second-order valence-corrected chi connectivity index (χ2v) is 5.47. The minimum atomic E-state index is 0.609. The average molecular weight is 307 g/mol. The zero-order valence-corrected chi connectivity index (χ0v) is 13.1. The summed E-state index contributed by atoms with van der Waals surface area (Å²) in [5, 5.41) is 7.61. The van der Waals surface area contributed by atoms with E-state index in [-0.39, 0.29) is 0 Å². The first-order valence-corrected chi connectivity index (χ1v) is 7.61. The normalized spacial score (nSPS) is 11.4. The zero-order valence-electron chi connectivity index (χ0n) is 13.1. The molecule has 7 nitrogen and oxygen atoms in total. The summed E-state index contributed by atoms with van der Waals surface area (Å²) < 4.78 is 3.75. The molecule has 7 heteroatoms. The molecule has 0 bridgehead atoms. The van der Waals surface area contributed by atoms with E-state index in [1.165, 1.54) is 6.33 Å². The van der Waals surface area contributed by atoms with Crippen LogP contribution in [0.25, 0.3) is 11.4 Å². The Hall–Kier alpha value is -2.96. The number of nitrogens with one attached hydrogen (secondary N) is 1. The van der Waals surface area contributed by atoms with Crippen LogP contribution in [-0.4, -0.2) is 29.0 Å². The summed E-state index contributed by atoms with van der Waals surface area (Å²) in [4.78, 5) is 13.3. The van der Waals surface area contributed by atoms with Gasteiger partial charge >= 0.3 is 0 Å². The van der Waals surface area contributed by atoms with Gasteiger partial charge < -0.3 is 9.72 Å². The average Bonchev–Trinajstić information content (AvgIpc) is 3.19. The number of hydrogen-bond donors (Lipinski definition) is 1. The molecule has 0 unspecified atom stereocenters. The Balaban J connectivity index is 1.65. The molecule has 4 rings (SSSR count). The lowest BCUT2D eigenvalue weighted by atomic mass is 10.3. The van der Waals surface area contributed by atoms with Crippen molar-refractivity contribution in [1.82, 2.24) is 29.0 Å². The molecule has 1 N–H and O–H groups in total. The molecule has 0 fully saturated rings. The molecule has 0 atom stereocenters. The lowest BCUT2D eigenvalue weighted by molar-refractivity contribution is 0.897. The van der Waals surface area contributed by atoms with Crippen LogP contribution in [0.1, 0.15) is 23.9 Å². The van der Waals surface area contributed by atoms with Crippen molar-refractivity contribution in [2.45, 2.75) is 26.8 Å². The van der Waals surface area contributed by atoms with Gasteiger partial charge in [-0.1, -0.05) is 13.0 Å². The lowest BCUT2D eigenvalue weighted by Gasteiger charge is -2.07. The number of imidazole rings is 1. The maximum Gasteiger partial charge on any atom is 0.254 e. The maximum atomic E-state index is 4.68. The molecule has 0 amide bonds. The van der Waals surface area contributed by atoms with Crippen LogP contribution < -0.4 is 5.32 Å². The minimum absolute atomic E-state index is 0.609. The highest BCUT2D eigenvalue weighted by Crippen LogP contribution is 2.14. The van der Waals surface area contributed by atoms with Gasteiger partial charge in [-0.05, 0) is 25.0 Å². The van der Waals surface area contributed by atoms with Crippen LogP contribution in [0.3, 0.4) is 0 Å². The monoisotopic (exact) mass is 307 g/mol. The van der Waals surface area contributed by atoms with Crippen LogP contribution in [0.4, 0.5) is 5.82 Å². The van der Waals surface area contributed by atoms with E-state index < -0.39 is 0 Å². The summed E-state index contributed by atoms with van der Waals surface area (Å²) in [5.41, 5.74) is 4.11. The van der Waals surface area contributed by atoms with Crippen molar-refractivity contribution < 1.29 is 0 Å². The summed E-state index contributed by atoms with van der Waals surface area (Å²) in [7, 11) is 0. The quantitative estimate of drug-likeness (QED) is 0.626. The molecule has 0 saturated heterocycles. The molecular weight excluding hydrogens is 290 g/mol. The highest BCUT2D eigenvalue weighted by Gasteiger charge is 2.08. The molecule has 23 heavy (non-hydrogen) atoms. The van der Waals surface area contributed by atoms with Crippen LogP contribution in [0.2, 0.25) is 0 Å². The first-order valence-electron chi connectivity index (χ1n) is 7.61. The van der Waals surface area contributed by atoms with E-state index in [1.54, 1.807) is 4.52 Å². The van der Waals surface area contributed by atoms with E-state index in [0.29, 0.717) is 12.3 Å². The number of aromatic nitrogens is 6. The molecule has 4 aromatic rings. The van der Waals surface area contributed by atoms with Gasteiger partial charge in [0.05, 0.1) is 12.2 Å². The van der Waals surface area contributed by atoms with Crippen LogP contribution in [-0.2, 0) is 13.0 Å². The van der Waals surface area contributed by atoms with Gasteiger partial charge in [0.15, 0.2) is 0 Å². The first-order chi connectivity index (χ1) is 11.2. The van der Waals surface area contributed by atoms with Gasteiger partial charge in [0, 0.05) is 24.2 Å². The topological polar surface area (TPSA) is 72.4 Å². The number of rotatable bonds is 4. The van der Waals surface area contributed by atoms with Crippen molar-refractivity contribution in [1.29, 1.82) is 0 Å². The van der Waals surface area contributed by atoms with E-state index in [9.17, 15) is 0 Å². The molecule has 0 aliphatic carbocycles. The third-order valence-corrected chi connectivity index (χ3v) is 3.85. The van der Waals surface area contributed by atoms with Gasteiger partial charge in [0.25, 0.3) is 5.78 Å². The predicted octanol–water partition coefficient (Wildman–Crippen LogP) is 2.25. The predicted molar refractivity (Wildman–Crippen MR) is 87.4 cm³/mol. The number of anilines is 1. The standard InChI is InChI=1S/C16H17N7/c1-3-12-7-14(23-16(21-12)18-10-19-23)17-8-13-9-22-6-4-5-11(2)15(22)20-13/h4-7,9-10,17H,3,8H2,1-2H3. The lowest BCUT2D eigenvalue weighted by Crippen LogP contribution is -2.07. The van der Waals surface area contributed by atoms with Crippen molar-refractivity contribution in [2.24, 2.45) is 0 Å². The van der Waals surface area contributed by atoms with Gasteiger partial charge in [-0.2, -0.15) is 14.6 Å². The van der Waals surface area contributed by atoms with Crippen molar-refractivity contribution in [3.63, 3.8) is 0 Å². The van der Waals surface area contributed by atoms with E-state index in [4.69, 9.17) is 0 Å². The van der Waals surface area contributed by atoms with Crippen molar-refractivity contribution in [3.05, 3.63) is 53.9 Å². The van der Waals surface area contributed by atoms with Crippen molar-refractivity contribution >= 4 is 17.2 Å². The van der Waals surface area contributed by atoms with E-state index in [2.05, 4.69) is 45.3 Å². The molecule has 116 valence electrons. The van der Waals surface area contributed by atoms with Gasteiger partial charge in [-0.3, -0.25) is 0 Å². The number of pyridine rings is 1. The fourth-order valence-electron chi connectivity index (χ4n) is 2.64. The Morgan fingerprint density at radius 1 is 1.22 bits per heavy atom. The Labute approximate surface area is 133 Å². The number of fused-ring (bicyclic) bond motifs is 2. The smallest absolute Gasteiger partial charge is 0.254 e. The second kappa shape index (κ2) is 5.35. The molecular formula is C16H17N7. The highest BCUT2D eigenvalue weighted by atomic mass is 15.4. The SMILES string of the molecule is CCc1cc(NCc2cn3cccc(C)c3n2)n2ncnc2n1. The van der Waals surface area contributed by atoms with Crippen molar-refractivity contribution in [3.8, 4) is 0 Å².